The summed E-state index contributed by atoms with van der Waals surface area (Å²) in [7, 11) is 0. The van der Waals surface area contributed by atoms with Crippen LogP contribution in [0.3, 0.4) is 0 Å². The lowest BCUT2D eigenvalue weighted by molar-refractivity contribution is 0.0956. The number of carbonyl (C=O) groups is 1. The molecule has 0 radical (unpaired) electrons. The van der Waals surface area contributed by atoms with Gasteiger partial charge in [0.25, 0.3) is 5.91 Å². The highest BCUT2D eigenvalue weighted by Crippen LogP contribution is 2.17. The van der Waals surface area contributed by atoms with Gasteiger partial charge in [0.1, 0.15) is 0 Å². The van der Waals surface area contributed by atoms with Crippen molar-refractivity contribution in [3.05, 3.63) is 36.0 Å². The maximum absolute atomic E-state index is 12.0. The Morgan fingerprint density at radius 3 is 2.94 bits per heavy atom. The largest absolute Gasteiger partial charge is 0.360 e. The smallest absolute Gasteiger partial charge is 0.273 e. The van der Waals surface area contributed by atoms with Crippen molar-refractivity contribution in [1.29, 1.82) is 0 Å². The summed E-state index contributed by atoms with van der Waals surface area (Å²) in [5.41, 5.74) is 5.11. The zero-order valence-electron chi connectivity index (χ0n) is 10.7. The van der Waals surface area contributed by atoms with Crippen LogP contribution in [0.15, 0.2) is 35.6 Å². The second-order valence-corrected chi connectivity index (χ2v) is 4.29. The fourth-order valence-corrected chi connectivity index (χ4v) is 1.88. The summed E-state index contributed by atoms with van der Waals surface area (Å²) in [6.45, 7) is 4.00. The van der Waals surface area contributed by atoms with Crippen molar-refractivity contribution in [3.8, 4) is 0 Å². The third-order valence-corrected chi connectivity index (χ3v) is 2.79. The van der Waals surface area contributed by atoms with Gasteiger partial charge in [-0.15, -0.1) is 0 Å². The van der Waals surface area contributed by atoms with Crippen molar-refractivity contribution >= 4 is 22.5 Å². The van der Waals surface area contributed by atoms with Crippen molar-refractivity contribution in [3.63, 3.8) is 0 Å². The topological polar surface area (TPSA) is 57.2 Å². The molecule has 0 aliphatic heterocycles. The number of hydrogen-bond donors (Lipinski definition) is 2. The van der Waals surface area contributed by atoms with Crippen LogP contribution in [0.2, 0.25) is 0 Å². The third-order valence-electron chi connectivity index (χ3n) is 2.79. The molecule has 1 amide bonds. The number of aromatic nitrogens is 1. The van der Waals surface area contributed by atoms with Crippen molar-refractivity contribution in [2.75, 3.05) is 0 Å². The molecule has 0 fully saturated rings. The number of para-hydroxylation sites is 1. The Morgan fingerprint density at radius 1 is 1.39 bits per heavy atom. The van der Waals surface area contributed by atoms with Gasteiger partial charge in [-0.05, 0) is 19.4 Å². The molecule has 2 N–H and O–H groups in total. The predicted octanol–water partition coefficient (Wildman–Crippen LogP) is 3.07. The number of fused-ring (bicyclic) bond motifs is 1. The van der Waals surface area contributed by atoms with Crippen LogP contribution >= 0.6 is 0 Å². The van der Waals surface area contributed by atoms with E-state index in [1.807, 2.05) is 31.2 Å². The van der Waals surface area contributed by atoms with E-state index in [9.17, 15) is 4.79 Å². The average molecular weight is 243 g/mol. The van der Waals surface area contributed by atoms with Crippen molar-refractivity contribution in [1.82, 2.24) is 10.4 Å². The average Bonchev–Trinajstić information content (AvgIpc) is 2.80. The number of hydrazone groups is 1. The van der Waals surface area contributed by atoms with Gasteiger partial charge in [-0.3, -0.25) is 4.79 Å². The van der Waals surface area contributed by atoms with Gasteiger partial charge < -0.3 is 4.98 Å². The lowest BCUT2D eigenvalue weighted by Gasteiger charge is -2.00. The first-order chi connectivity index (χ1) is 8.72. The molecule has 18 heavy (non-hydrogen) atoms. The number of H-pyrrole nitrogens is 1. The molecule has 0 aliphatic carbocycles. The third kappa shape index (κ3) is 2.59. The predicted molar refractivity (Wildman–Crippen MR) is 73.8 cm³/mol. The summed E-state index contributed by atoms with van der Waals surface area (Å²) in [4.78, 5) is 15.1. The molecule has 4 nitrogen and oxygen atoms in total. The number of benzene rings is 1. The van der Waals surface area contributed by atoms with E-state index < -0.39 is 0 Å². The quantitative estimate of drug-likeness (QED) is 0.629. The molecule has 0 unspecified atom stereocenters. The van der Waals surface area contributed by atoms with Crippen LogP contribution in [0, 0.1) is 0 Å². The number of nitrogens with one attached hydrogen (secondary N) is 2. The number of amides is 1. The number of aromatic amines is 1. The molecule has 4 heteroatoms. The minimum Gasteiger partial charge on any atom is -0.360 e. The Balaban J connectivity index is 2.17. The van der Waals surface area contributed by atoms with Gasteiger partial charge in [-0.25, -0.2) is 5.43 Å². The maximum Gasteiger partial charge on any atom is 0.273 e. The summed E-state index contributed by atoms with van der Waals surface area (Å²) in [6, 6.07) is 7.71. The second kappa shape index (κ2) is 5.49. The minimum atomic E-state index is -0.178. The van der Waals surface area contributed by atoms with Gasteiger partial charge in [0.05, 0.1) is 5.56 Å². The Labute approximate surface area is 106 Å². The molecule has 2 rings (SSSR count). The molecule has 0 bridgehead atoms. The molecule has 2 aromatic rings. The van der Waals surface area contributed by atoms with E-state index in [-0.39, 0.29) is 5.91 Å². The van der Waals surface area contributed by atoms with Crippen LogP contribution in [-0.2, 0) is 0 Å². The van der Waals surface area contributed by atoms with Gasteiger partial charge in [0, 0.05) is 22.8 Å². The standard InChI is InChI=1S/C14H17N3O/c1-3-6-10(2)16-17-14(18)12-9-15-13-8-5-4-7-11(12)13/h4-5,7-9,15H,3,6H2,1-2H3,(H,17,18)/b16-10+. The first-order valence-corrected chi connectivity index (χ1v) is 6.12. The molecule has 0 saturated heterocycles. The summed E-state index contributed by atoms with van der Waals surface area (Å²) in [5.74, 6) is -0.178. The van der Waals surface area contributed by atoms with Crippen LogP contribution in [0.25, 0.3) is 10.9 Å². The Hall–Kier alpha value is -2.10. The molecule has 0 atom stereocenters. The van der Waals surface area contributed by atoms with Crippen LogP contribution in [0.1, 0.15) is 37.0 Å². The number of carbonyl (C=O) groups excluding carboxylic acids is 1. The van der Waals surface area contributed by atoms with E-state index in [0.717, 1.165) is 29.5 Å². The highest BCUT2D eigenvalue weighted by atomic mass is 16.2. The first-order valence-electron chi connectivity index (χ1n) is 6.12. The zero-order valence-corrected chi connectivity index (χ0v) is 10.7. The van der Waals surface area contributed by atoms with Gasteiger partial charge in [0.2, 0.25) is 0 Å². The summed E-state index contributed by atoms with van der Waals surface area (Å²) in [5, 5.41) is 4.99. The van der Waals surface area contributed by atoms with E-state index in [0.29, 0.717) is 5.56 Å². The number of rotatable bonds is 4. The highest BCUT2D eigenvalue weighted by molar-refractivity contribution is 6.06. The van der Waals surface area contributed by atoms with Gasteiger partial charge in [-0.2, -0.15) is 5.10 Å². The molecular weight excluding hydrogens is 226 g/mol. The van der Waals surface area contributed by atoms with Gasteiger partial charge in [0.15, 0.2) is 0 Å². The Kier molecular flexibility index (Phi) is 3.77. The van der Waals surface area contributed by atoms with E-state index in [1.165, 1.54) is 0 Å². The molecule has 94 valence electrons. The first kappa shape index (κ1) is 12.4. The van der Waals surface area contributed by atoms with E-state index >= 15 is 0 Å². The number of nitrogens with zero attached hydrogens (tertiary/aromatic N) is 1. The monoisotopic (exact) mass is 243 g/mol. The molecular formula is C14H17N3O. The minimum absolute atomic E-state index is 0.178. The van der Waals surface area contributed by atoms with E-state index in [2.05, 4.69) is 22.4 Å². The summed E-state index contributed by atoms with van der Waals surface area (Å²) < 4.78 is 0. The van der Waals surface area contributed by atoms with Crippen LogP contribution in [0.5, 0.6) is 0 Å². The number of hydrogen-bond acceptors (Lipinski definition) is 2. The Bertz CT molecular complexity index is 583. The fraction of sp³-hybridized carbons (Fsp3) is 0.286. The van der Waals surface area contributed by atoms with E-state index in [1.54, 1.807) is 6.20 Å². The lowest BCUT2D eigenvalue weighted by atomic mass is 10.2. The lowest BCUT2D eigenvalue weighted by Crippen LogP contribution is -2.18. The van der Waals surface area contributed by atoms with Crippen LogP contribution in [0.4, 0.5) is 0 Å². The van der Waals surface area contributed by atoms with Gasteiger partial charge >= 0.3 is 0 Å². The normalized spacial score (nSPS) is 11.8. The fourth-order valence-electron chi connectivity index (χ4n) is 1.88. The SMILES string of the molecule is CCC/C(C)=N/NC(=O)c1c[nH]c2ccccc12. The Morgan fingerprint density at radius 2 is 2.17 bits per heavy atom. The molecule has 1 aromatic heterocycles. The molecule has 1 aromatic carbocycles. The molecule has 0 aliphatic rings. The molecule has 0 spiro atoms. The second-order valence-electron chi connectivity index (χ2n) is 4.29. The molecule has 1 heterocycles. The van der Waals surface area contributed by atoms with Crippen molar-refractivity contribution in [2.45, 2.75) is 26.7 Å². The van der Waals surface area contributed by atoms with Crippen molar-refractivity contribution < 1.29 is 4.79 Å². The molecule has 0 saturated carbocycles. The maximum atomic E-state index is 12.0. The van der Waals surface area contributed by atoms with Gasteiger partial charge in [-0.1, -0.05) is 31.5 Å². The zero-order chi connectivity index (χ0) is 13.0. The summed E-state index contributed by atoms with van der Waals surface area (Å²) in [6.07, 6.45) is 3.64. The van der Waals surface area contributed by atoms with E-state index in [4.69, 9.17) is 0 Å². The van der Waals surface area contributed by atoms with Crippen molar-refractivity contribution in [2.24, 2.45) is 5.10 Å². The highest BCUT2D eigenvalue weighted by Gasteiger charge is 2.10. The van der Waals surface area contributed by atoms with Crippen LogP contribution in [-0.4, -0.2) is 16.6 Å². The summed E-state index contributed by atoms with van der Waals surface area (Å²) >= 11 is 0. The van der Waals surface area contributed by atoms with Crippen LogP contribution < -0.4 is 5.43 Å².